The van der Waals surface area contributed by atoms with Crippen LogP contribution in [-0.4, -0.2) is 5.84 Å². The second-order valence-electron chi connectivity index (χ2n) is 5.55. The molecule has 1 aromatic rings. The van der Waals surface area contributed by atoms with E-state index in [1.165, 1.54) is 30.4 Å². The summed E-state index contributed by atoms with van der Waals surface area (Å²) >= 11 is 0. The molecule has 86 valence electrons. The Labute approximate surface area is 97.6 Å². The zero-order chi connectivity index (χ0) is 11.8. The van der Waals surface area contributed by atoms with Crippen LogP contribution in [0.1, 0.15) is 38.3 Å². The van der Waals surface area contributed by atoms with Gasteiger partial charge in [-0.15, -0.1) is 0 Å². The molecule has 0 heterocycles. The lowest BCUT2D eigenvalue weighted by Gasteiger charge is -2.17. The Morgan fingerprint density at radius 1 is 1.19 bits per heavy atom. The fourth-order valence-electron chi connectivity index (χ4n) is 1.93. The normalized spacial score (nSPS) is 16.3. The number of aliphatic imine (C=N–C) groups is 1. The Morgan fingerprint density at radius 2 is 1.88 bits per heavy atom. The summed E-state index contributed by atoms with van der Waals surface area (Å²) in [5.74, 6) is 0.699. The smallest absolute Gasteiger partial charge is 0.105 e. The first-order chi connectivity index (χ1) is 7.47. The highest BCUT2D eigenvalue weighted by Gasteiger charge is 2.16. The van der Waals surface area contributed by atoms with Crippen molar-refractivity contribution in [2.24, 2.45) is 16.1 Å². The lowest BCUT2D eigenvalue weighted by Crippen LogP contribution is -2.28. The molecule has 0 unspecified atom stereocenters. The van der Waals surface area contributed by atoms with E-state index >= 15 is 0 Å². The minimum atomic E-state index is -0.0565. The average molecular weight is 216 g/mol. The molecule has 0 radical (unpaired) electrons. The van der Waals surface area contributed by atoms with Crippen molar-refractivity contribution in [3.8, 4) is 0 Å². The van der Waals surface area contributed by atoms with Crippen LogP contribution in [0.2, 0.25) is 0 Å². The molecule has 0 aromatic heterocycles. The van der Waals surface area contributed by atoms with Gasteiger partial charge in [0.25, 0.3) is 0 Å². The fourth-order valence-corrected chi connectivity index (χ4v) is 1.93. The highest BCUT2D eigenvalue weighted by Crippen LogP contribution is 2.27. The molecule has 0 aliphatic heterocycles. The van der Waals surface area contributed by atoms with E-state index in [1.54, 1.807) is 0 Å². The third-order valence-corrected chi connectivity index (χ3v) is 3.10. The summed E-state index contributed by atoms with van der Waals surface area (Å²) in [6.07, 6.45) is 3.68. The third kappa shape index (κ3) is 2.26. The van der Waals surface area contributed by atoms with Crippen molar-refractivity contribution in [3.63, 3.8) is 0 Å². The molecule has 2 N–H and O–H groups in total. The Kier molecular flexibility index (Phi) is 2.75. The molecule has 0 saturated heterocycles. The lowest BCUT2D eigenvalue weighted by molar-refractivity contribution is 0.585. The Balaban J connectivity index is 2.29. The summed E-state index contributed by atoms with van der Waals surface area (Å²) in [7, 11) is 0. The Morgan fingerprint density at radius 3 is 2.56 bits per heavy atom. The first-order valence-electron chi connectivity index (χ1n) is 5.93. The molecule has 1 aromatic carbocycles. The minimum Gasteiger partial charge on any atom is -0.387 e. The number of benzene rings is 1. The molecule has 1 aliphatic rings. The molecule has 0 fully saturated rings. The van der Waals surface area contributed by atoms with E-state index in [-0.39, 0.29) is 5.41 Å². The third-order valence-electron chi connectivity index (χ3n) is 3.10. The molecule has 2 rings (SSSR count). The van der Waals surface area contributed by atoms with Crippen molar-refractivity contribution >= 4 is 11.5 Å². The fraction of sp³-hybridized carbons (Fsp3) is 0.500. The van der Waals surface area contributed by atoms with Gasteiger partial charge in [-0.25, -0.2) is 4.99 Å². The predicted octanol–water partition coefficient (Wildman–Crippen LogP) is 3.21. The standard InChI is InChI=1S/C14H20N2/c1-14(2,3)13(15)16-12-8-7-10-5-4-6-11(10)9-12/h7-9H,4-6H2,1-3H3,(H2,15,16). The van der Waals surface area contributed by atoms with Crippen LogP contribution in [-0.2, 0) is 12.8 Å². The average Bonchev–Trinajstić information content (AvgIpc) is 2.63. The van der Waals surface area contributed by atoms with Gasteiger partial charge in [0.15, 0.2) is 0 Å². The van der Waals surface area contributed by atoms with Gasteiger partial charge in [-0.2, -0.15) is 0 Å². The van der Waals surface area contributed by atoms with E-state index in [1.807, 2.05) is 0 Å². The summed E-state index contributed by atoms with van der Waals surface area (Å²) in [4.78, 5) is 4.50. The highest BCUT2D eigenvalue weighted by atomic mass is 14.9. The van der Waals surface area contributed by atoms with Gasteiger partial charge in [-0.05, 0) is 42.5 Å². The highest BCUT2D eigenvalue weighted by molar-refractivity contribution is 5.87. The number of nitrogens with two attached hydrogens (primary N) is 1. The molecular formula is C14H20N2. The van der Waals surface area contributed by atoms with Gasteiger partial charge in [0, 0.05) is 5.41 Å². The molecule has 1 aliphatic carbocycles. The number of fused-ring (bicyclic) bond motifs is 1. The first-order valence-corrected chi connectivity index (χ1v) is 5.93. The summed E-state index contributed by atoms with van der Waals surface area (Å²) in [5, 5.41) is 0. The largest absolute Gasteiger partial charge is 0.387 e. The van der Waals surface area contributed by atoms with Gasteiger partial charge in [0.05, 0.1) is 5.69 Å². The second-order valence-corrected chi connectivity index (χ2v) is 5.55. The zero-order valence-corrected chi connectivity index (χ0v) is 10.4. The van der Waals surface area contributed by atoms with Gasteiger partial charge in [-0.1, -0.05) is 26.8 Å². The number of rotatable bonds is 1. The van der Waals surface area contributed by atoms with Crippen LogP contribution < -0.4 is 5.73 Å². The molecule has 0 bridgehead atoms. The van der Waals surface area contributed by atoms with Gasteiger partial charge in [0.1, 0.15) is 5.84 Å². The quantitative estimate of drug-likeness (QED) is 0.568. The lowest BCUT2D eigenvalue weighted by atomic mass is 9.95. The van der Waals surface area contributed by atoms with Crippen LogP contribution in [0.4, 0.5) is 5.69 Å². The molecule has 16 heavy (non-hydrogen) atoms. The first kappa shape index (κ1) is 11.2. The van der Waals surface area contributed by atoms with Gasteiger partial charge >= 0.3 is 0 Å². The Bertz CT molecular complexity index is 425. The van der Waals surface area contributed by atoms with E-state index in [2.05, 4.69) is 44.0 Å². The van der Waals surface area contributed by atoms with E-state index in [0.717, 1.165) is 5.69 Å². The summed E-state index contributed by atoms with van der Waals surface area (Å²) in [6.45, 7) is 6.25. The maximum atomic E-state index is 5.98. The SMILES string of the molecule is CC(C)(C)C(N)=Nc1ccc2c(c1)CCC2. The van der Waals surface area contributed by atoms with E-state index in [0.29, 0.717) is 5.84 Å². The molecule has 0 saturated carbocycles. The zero-order valence-electron chi connectivity index (χ0n) is 10.4. The number of nitrogens with zero attached hydrogens (tertiary/aromatic N) is 1. The van der Waals surface area contributed by atoms with Crippen LogP contribution >= 0.6 is 0 Å². The molecule has 2 nitrogen and oxygen atoms in total. The van der Waals surface area contributed by atoms with Crippen molar-refractivity contribution in [1.82, 2.24) is 0 Å². The Hall–Kier alpha value is -1.31. The summed E-state index contributed by atoms with van der Waals surface area (Å²) in [5.41, 5.74) is 9.84. The summed E-state index contributed by atoms with van der Waals surface area (Å²) < 4.78 is 0. The molecule has 0 atom stereocenters. The van der Waals surface area contributed by atoms with Crippen LogP contribution in [0, 0.1) is 5.41 Å². The monoisotopic (exact) mass is 216 g/mol. The van der Waals surface area contributed by atoms with Crippen LogP contribution in [0.15, 0.2) is 23.2 Å². The number of hydrogen-bond donors (Lipinski definition) is 1. The van der Waals surface area contributed by atoms with Crippen molar-refractivity contribution < 1.29 is 0 Å². The molecular weight excluding hydrogens is 196 g/mol. The molecule has 0 spiro atoms. The van der Waals surface area contributed by atoms with Crippen molar-refractivity contribution in [2.45, 2.75) is 40.0 Å². The van der Waals surface area contributed by atoms with E-state index in [9.17, 15) is 0 Å². The van der Waals surface area contributed by atoms with Crippen LogP contribution in [0.25, 0.3) is 0 Å². The number of hydrogen-bond acceptors (Lipinski definition) is 1. The van der Waals surface area contributed by atoms with Gasteiger partial charge in [0.2, 0.25) is 0 Å². The summed E-state index contributed by atoms with van der Waals surface area (Å²) in [6, 6.07) is 6.45. The van der Waals surface area contributed by atoms with Gasteiger partial charge < -0.3 is 5.73 Å². The van der Waals surface area contributed by atoms with Crippen LogP contribution in [0.3, 0.4) is 0 Å². The second kappa shape index (κ2) is 3.93. The van der Waals surface area contributed by atoms with Crippen molar-refractivity contribution in [1.29, 1.82) is 0 Å². The van der Waals surface area contributed by atoms with Crippen molar-refractivity contribution in [2.75, 3.05) is 0 Å². The predicted molar refractivity (Wildman–Crippen MR) is 69.2 cm³/mol. The van der Waals surface area contributed by atoms with Crippen molar-refractivity contribution in [3.05, 3.63) is 29.3 Å². The number of aryl methyl sites for hydroxylation is 2. The molecule has 2 heteroatoms. The van der Waals surface area contributed by atoms with Crippen LogP contribution in [0.5, 0.6) is 0 Å². The van der Waals surface area contributed by atoms with Gasteiger partial charge in [-0.3, -0.25) is 0 Å². The maximum absolute atomic E-state index is 5.98. The topological polar surface area (TPSA) is 38.4 Å². The minimum absolute atomic E-state index is 0.0565. The van der Waals surface area contributed by atoms with E-state index < -0.39 is 0 Å². The molecule has 0 amide bonds. The maximum Gasteiger partial charge on any atom is 0.105 e. The van der Waals surface area contributed by atoms with E-state index in [4.69, 9.17) is 5.73 Å². The number of amidine groups is 1.